The van der Waals surface area contributed by atoms with Crippen LogP contribution in [0.3, 0.4) is 0 Å². The van der Waals surface area contributed by atoms with Crippen molar-refractivity contribution in [3.63, 3.8) is 0 Å². The average Bonchev–Trinajstić information content (AvgIpc) is 3.42. The lowest BCUT2D eigenvalue weighted by Crippen LogP contribution is -2.30. The second kappa shape index (κ2) is 9.62. The van der Waals surface area contributed by atoms with E-state index in [1.165, 1.54) is 28.2 Å². The molecule has 0 radical (unpaired) electrons. The molecule has 2 heterocycles. The van der Waals surface area contributed by atoms with E-state index in [1.807, 2.05) is 25.3 Å². The van der Waals surface area contributed by atoms with Crippen LogP contribution in [0, 0.1) is 5.82 Å². The number of rotatable bonds is 9. The van der Waals surface area contributed by atoms with E-state index in [4.69, 9.17) is 4.42 Å². The van der Waals surface area contributed by atoms with E-state index in [0.29, 0.717) is 48.2 Å². The molecule has 2 aromatic carbocycles. The third-order valence-electron chi connectivity index (χ3n) is 5.23. The van der Waals surface area contributed by atoms with E-state index in [-0.39, 0.29) is 10.7 Å². The first-order chi connectivity index (χ1) is 15.9. The summed E-state index contributed by atoms with van der Waals surface area (Å²) in [6.07, 6.45) is 0. The van der Waals surface area contributed by atoms with Crippen LogP contribution in [0.15, 0.2) is 56.9 Å². The summed E-state index contributed by atoms with van der Waals surface area (Å²) in [4.78, 5) is 4.90. The first-order valence-electron chi connectivity index (χ1n) is 10.6. The van der Waals surface area contributed by atoms with Crippen LogP contribution in [0.25, 0.3) is 22.5 Å². The highest BCUT2D eigenvalue weighted by Crippen LogP contribution is 2.29. The highest BCUT2D eigenvalue weighted by atomic mass is 32.2. The van der Waals surface area contributed by atoms with Crippen LogP contribution in [0.1, 0.15) is 26.7 Å². The molecule has 0 aliphatic heterocycles. The van der Waals surface area contributed by atoms with Gasteiger partial charge in [0, 0.05) is 25.2 Å². The second-order valence-corrected chi connectivity index (χ2v) is 10.1. The minimum atomic E-state index is -3.56. The quantitative estimate of drug-likeness (QED) is 0.318. The van der Waals surface area contributed by atoms with E-state index in [2.05, 4.69) is 15.2 Å². The molecule has 174 valence electrons. The zero-order valence-corrected chi connectivity index (χ0v) is 20.2. The normalized spacial score (nSPS) is 12.2. The first kappa shape index (κ1) is 23.4. The molecule has 4 aromatic rings. The third kappa shape index (κ3) is 4.66. The lowest BCUT2D eigenvalue weighted by molar-refractivity contribution is 0.445. The van der Waals surface area contributed by atoms with Crippen molar-refractivity contribution >= 4 is 32.8 Å². The number of hydrogen-bond acceptors (Lipinski definition) is 7. The van der Waals surface area contributed by atoms with Crippen LogP contribution in [0.4, 0.5) is 4.39 Å². The summed E-state index contributed by atoms with van der Waals surface area (Å²) in [6.45, 7) is 7.13. The summed E-state index contributed by atoms with van der Waals surface area (Å²) >= 11 is 1.43. The van der Waals surface area contributed by atoms with Crippen LogP contribution in [0.2, 0.25) is 0 Å². The van der Waals surface area contributed by atoms with Gasteiger partial charge in [0.2, 0.25) is 21.8 Å². The lowest BCUT2D eigenvalue weighted by atomic mass is 10.2. The van der Waals surface area contributed by atoms with Crippen molar-refractivity contribution in [3.05, 3.63) is 54.2 Å². The number of fused-ring (bicyclic) bond motifs is 1. The molecule has 11 heteroatoms. The summed E-state index contributed by atoms with van der Waals surface area (Å²) in [5, 5.41) is 8.83. The Morgan fingerprint density at radius 2 is 1.79 bits per heavy atom. The highest BCUT2D eigenvalue weighted by molar-refractivity contribution is 7.98. The predicted molar refractivity (Wildman–Crippen MR) is 125 cm³/mol. The summed E-state index contributed by atoms with van der Waals surface area (Å²) in [6, 6.07) is 10.9. The molecule has 0 spiro atoms. The Morgan fingerprint density at radius 3 is 2.45 bits per heavy atom. The molecule has 4 rings (SSSR count). The van der Waals surface area contributed by atoms with Gasteiger partial charge < -0.3 is 8.98 Å². The summed E-state index contributed by atoms with van der Waals surface area (Å²) < 4.78 is 48.0. The van der Waals surface area contributed by atoms with Gasteiger partial charge in [0.15, 0.2) is 5.16 Å². The van der Waals surface area contributed by atoms with E-state index < -0.39 is 10.0 Å². The molecule has 0 amide bonds. The van der Waals surface area contributed by atoms with Crippen molar-refractivity contribution in [2.24, 2.45) is 0 Å². The molecule has 0 atom stereocenters. The number of hydrogen-bond donors (Lipinski definition) is 0. The van der Waals surface area contributed by atoms with E-state index in [9.17, 15) is 12.8 Å². The predicted octanol–water partition coefficient (Wildman–Crippen LogP) is 4.57. The van der Waals surface area contributed by atoms with E-state index in [1.54, 1.807) is 30.3 Å². The van der Waals surface area contributed by atoms with E-state index in [0.717, 1.165) is 10.7 Å². The lowest BCUT2D eigenvalue weighted by Gasteiger charge is -2.18. The molecule has 0 bridgehead atoms. The van der Waals surface area contributed by atoms with Gasteiger partial charge in [-0.2, -0.15) is 4.31 Å². The Morgan fingerprint density at radius 1 is 1.06 bits per heavy atom. The van der Waals surface area contributed by atoms with E-state index >= 15 is 0 Å². The number of imidazole rings is 1. The standard InChI is InChI=1S/C22H24FN5O3S2/c1-4-27(5-2)33(29,30)17-11-12-19-18(13-17)24-22(28(19)6-3)32-14-20-25-26-21(31-20)15-7-9-16(23)10-8-15/h7-13H,4-6,14H2,1-3H3. The number of nitrogens with zero attached hydrogens (tertiary/aromatic N) is 5. The van der Waals surface area contributed by atoms with Gasteiger partial charge in [0.25, 0.3) is 0 Å². The van der Waals surface area contributed by atoms with Crippen molar-refractivity contribution in [2.75, 3.05) is 13.1 Å². The SMILES string of the molecule is CCN(CC)S(=O)(=O)c1ccc2c(c1)nc(SCc1nnc(-c3ccc(F)cc3)o1)n2CC. The second-order valence-electron chi connectivity index (χ2n) is 7.18. The largest absolute Gasteiger partial charge is 0.420 e. The monoisotopic (exact) mass is 489 g/mol. The van der Waals surface area contributed by atoms with Crippen molar-refractivity contribution in [1.82, 2.24) is 24.1 Å². The molecule has 0 saturated heterocycles. The van der Waals surface area contributed by atoms with Crippen LogP contribution < -0.4 is 0 Å². The van der Waals surface area contributed by atoms with Gasteiger partial charge in [0.1, 0.15) is 5.82 Å². The minimum Gasteiger partial charge on any atom is -0.420 e. The Kier molecular flexibility index (Phi) is 6.82. The number of halogens is 1. The maximum atomic E-state index is 13.1. The fourth-order valence-corrected chi connectivity index (χ4v) is 5.92. The average molecular weight is 490 g/mol. The molecule has 0 aliphatic carbocycles. The number of benzene rings is 2. The molecule has 0 aliphatic rings. The van der Waals surface area contributed by atoms with Crippen LogP contribution in [-0.2, 0) is 22.3 Å². The van der Waals surface area contributed by atoms with Crippen molar-refractivity contribution in [3.8, 4) is 11.5 Å². The van der Waals surface area contributed by atoms with Crippen molar-refractivity contribution in [2.45, 2.75) is 43.1 Å². The highest BCUT2D eigenvalue weighted by Gasteiger charge is 2.23. The molecule has 2 aromatic heterocycles. The summed E-state index contributed by atoms with van der Waals surface area (Å²) in [7, 11) is -3.56. The fourth-order valence-electron chi connectivity index (χ4n) is 3.52. The molecular formula is C22H24FN5O3S2. The summed E-state index contributed by atoms with van der Waals surface area (Å²) in [5.74, 6) is 0.794. The first-order valence-corrected chi connectivity index (χ1v) is 13.0. The smallest absolute Gasteiger partial charge is 0.247 e. The van der Waals surface area contributed by atoms with Crippen LogP contribution >= 0.6 is 11.8 Å². The Balaban J connectivity index is 1.57. The van der Waals surface area contributed by atoms with Crippen LogP contribution in [-0.4, -0.2) is 45.6 Å². The van der Waals surface area contributed by atoms with Gasteiger partial charge in [-0.15, -0.1) is 10.2 Å². The Hall–Kier alpha value is -2.76. The Labute approximate surface area is 195 Å². The molecule has 0 unspecified atom stereocenters. The fraction of sp³-hybridized carbons (Fsp3) is 0.318. The number of thioether (sulfide) groups is 1. The van der Waals surface area contributed by atoms with Gasteiger partial charge in [-0.05, 0) is 49.4 Å². The number of aryl methyl sites for hydroxylation is 1. The van der Waals surface area contributed by atoms with Gasteiger partial charge in [-0.3, -0.25) is 0 Å². The molecule has 0 saturated carbocycles. The van der Waals surface area contributed by atoms with Gasteiger partial charge in [0.05, 0.1) is 21.7 Å². The molecule has 0 fully saturated rings. The van der Waals surface area contributed by atoms with Crippen molar-refractivity contribution in [1.29, 1.82) is 0 Å². The molecular weight excluding hydrogens is 465 g/mol. The number of sulfonamides is 1. The van der Waals surface area contributed by atoms with Gasteiger partial charge in [-0.25, -0.2) is 17.8 Å². The minimum absolute atomic E-state index is 0.233. The zero-order valence-electron chi connectivity index (χ0n) is 18.5. The van der Waals surface area contributed by atoms with Gasteiger partial charge in [-0.1, -0.05) is 25.6 Å². The van der Waals surface area contributed by atoms with Crippen LogP contribution in [0.5, 0.6) is 0 Å². The molecule has 33 heavy (non-hydrogen) atoms. The maximum absolute atomic E-state index is 13.1. The maximum Gasteiger partial charge on any atom is 0.247 e. The third-order valence-corrected chi connectivity index (χ3v) is 8.23. The topological polar surface area (TPSA) is 94.1 Å². The zero-order chi connectivity index (χ0) is 23.6. The molecule has 8 nitrogen and oxygen atoms in total. The number of aromatic nitrogens is 4. The Bertz CT molecular complexity index is 1360. The summed E-state index contributed by atoms with van der Waals surface area (Å²) in [5.41, 5.74) is 2.11. The van der Waals surface area contributed by atoms with Gasteiger partial charge >= 0.3 is 0 Å². The van der Waals surface area contributed by atoms with Crippen molar-refractivity contribution < 1.29 is 17.2 Å². The molecule has 0 N–H and O–H groups in total.